The number of halogens is 2. The van der Waals surface area contributed by atoms with Crippen LogP contribution in [0.3, 0.4) is 0 Å². The topological polar surface area (TPSA) is 102 Å². The van der Waals surface area contributed by atoms with Crippen LogP contribution in [0.5, 0.6) is 11.5 Å². The Morgan fingerprint density at radius 1 is 1.00 bits per heavy atom. The van der Waals surface area contributed by atoms with Crippen LogP contribution in [-0.4, -0.2) is 33.6 Å². The highest BCUT2D eigenvalue weighted by Crippen LogP contribution is 2.25. The molecule has 0 fully saturated rings. The predicted molar refractivity (Wildman–Crippen MR) is 101 cm³/mol. The lowest BCUT2D eigenvalue weighted by Crippen LogP contribution is -2.33. The molecule has 0 saturated carbocycles. The molecule has 0 unspecified atom stereocenters. The van der Waals surface area contributed by atoms with Gasteiger partial charge in [-0.25, -0.2) is 0 Å². The Hall–Kier alpha value is -2.06. The van der Waals surface area contributed by atoms with E-state index < -0.39 is 5.91 Å². The van der Waals surface area contributed by atoms with E-state index in [1.165, 1.54) is 6.07 Å². The second-order valence-corrected chi connectivity index (χ2v) is 7.01. The summed E-state index contributed by atoms with van der Waals surface area (Å²) in [6, 6.07) is 9.91. The molecule has 2 rings (SSSR count). The van der Waals surface area contributed by atoms with Crippen molar-refractivity contribution < 1.29 is 20.2 Å². The second kappa shape index (κ2) is 8.87. The molecule has 1 amide bonds. The number of phenols is 2. The van der Waals surface area contributed by atoms with Crippen molar-refractivity contribution >= 4 is 43.5 Å². The SMILES string of the molecule is O=C(NCCc1ccc(O)c(Br)c1)/C(Cc1ccc(O)c(Br)c1)=N/O. The van der Waals surface area contributed by atoms with Gasteiger partial charge < -0.3 is 20.7 Å². The summed E-state index contributed by atoms with van der Waals surface area (Å²) in [6.07, 6.45) is 0.695. The molecule has 25 heavy (non-hydrogen) atoms. The number of nitrogens with one attached hydrogen (secondary N) is 1. The normalized spacial score (nSPS) is 11.4. The van der Waals surface area contributed by atoms with Crippen molar-refractivity contribution in [3.8, 4) is 11.5 Å². The van der Waals surface area contributed by atoms with Gasteiger partial charge in [-0.15, -0.1) is 0 Å². The fourth-order valence-electron chi connectivity index (χ4n) is 2.14. The summed E-state index contributed by atoms with van der Waals surface area (Å²) < 4.78 is 1.09. The molecule has 0 heterocycles. The lowest BCUT2D eigenvalue weighted by atomic mass is 10.1. The summed E-state index contributed by atoms with van der Waals surface area (Å²) in [5, 5.41) is 33.8. The van der Waals surface area contributed by atoms with Gasteiger partial charge >= 0.3 is 0 Å². The third-order valence-corrected chi connectivity index (χ3v) is 4.75. The van der Waals surface area contributed by atoms with Crippen LogP contribution in [-0.2, 0) is 17.6 Å². The first-order chi connectivity index (χ1) is 11.9. The maximum Gasteiger partial charge on any atom is 0.269 e. The molecule has 0 atom stereocenters. The van der Waals surface area contributed by atoms with E-state index in [9.17, 15) is 15.0 Å². The molecule has 132 valence electrons. The fraction of sp³-hybridized carbons (Fsp3) is 0.176. The molecular weight excluding hydrogens is 456 g/mol. The van der Waals surface area contributed by atoms with Crippen LogP contribution in [0.4, 0.5) is 0 Å². The van der Waals surface area contributed by atoms with Crippen LogP contribution >= 0.6 is 31.9 Å². The van der Waals surface area contributed by atoms with Gasteiger partial charge in [-0.05, 0) is 73.7 Å². The third kappa shape index (κ3) is 5.47. The van der Waals surface area contributed by atoms with Crippen LogP contribution in [0, 0.1) is 0 Å². The van der Waals surface area contributed by atoms with Gasteiger partial charge in [0, 0.05) is 13.0 Å². The quantitative estimate of drug-likeness (QED) is 0.294. The minimum atomic E-state index is -0.468. The smallest absolute Gasteiger partial charge is 0.269 e. The molecule has 0 spiro atoms. The number of carbonyl (C=O) groups is 1. The van der Waals surface area contributed by atoms with Gasteiger partial charge in [0.05, 0.1) is 8.95 Å². The van der Waals surface area contributed by atoms with Crippen molar-refractivity contribution in [1.82, 2.24) is 5.32 Å². The monoisotopic (exact) mass is 470 g/mol. The Morgan fingerprint density at radius 3 is 2.12 bits per heavy atom. The van der Waals surface area contributed by atoms with Gasteiger partial charge in [-0.1, -0.05) is 17.3 Å². The standard InChI is InChI=1S/C17H16Br2N2O4/c18-12-7-10(1-3-15(12)22)5-6-20-17(24)14(21-25)9-11-2-4-16(23)13(19)8-11/h1-4,7-8,22-23,25H,5-6,9H2,(H,20,24)/b21-14+. The molecule has 6 nitrogen and oxygen atoms in total. The molecule has 8 heteroatoms. The second-order valence-electron chi connectivity index (χ2n) is 5.30. The predicted octanol–water partition coefficient (Wildman–Crippen LogP) is 3.35. The largest absolute Gasteiger partial charge is 0.507 e. The molecule has 0 aliphatic carbocycles. The van der Waals surface area contributed by atoms with Gasteiger partial charge in [0.15, 0.2) is 0 Å². The molecule has 0 aliphatic rings. The zero-order chi connectivity index (χ0) is 18.4. The zero-order valence-electron chi connectivity index (χ0n) is 13.0. The Morgan fingerprint density at radius 2 is 1.56 bits per heavy atom. The summed E-state index contributed by atoms with van der Waals surface area (Å²) in [5.74, 6) is -0.220. The van der Waals surface area contributed by atoms with Crippen LogP contribution in [0.1, 0.15) is 11.1 Å². The number of oxime groups is 1. The zero-order valence-corrected chi connectivity index (χ0v) is 16.2. The average Bonchev–Trinajstić information content (AvgIpc) is 2.58. The summed E-state index contributed by atoms with van der Waals surface area (Å²) in [5.41, 5.74) is 1.63. The average molecular weight is 472 g/mol. The van der Waals surface area contributed by atoms with Crippen molar-refractivity contribution in [2.45, 2.75) is 12.8 Å². The molecule has 0 aromatic heterocycles. The van der Waals surface area contributed by atoms with Gasteiger partial charge in [0.1, 0.15) is 17.2 Å². The number of hydrogen-bond donors (Lipinski definition) is 4. The minimum Gasteiger partial charge on any atom is -0.507 e. The molecule has 0 saturated heterocycles. The highest BCUT2D eigenvalue weighted by atomic mass is 79.9. The van der Waals surface area contributed by atoms with Crippen molar-refractivity contribution in [1.29, 1.82) is 0 Å². The first-order valence-corrected chi connectivity index (χ1v) is 8.93. The van der Waals surface area contributed by atoms with E-state index >= 15 is 0 Å². The number of hydrogen-bond acceptors (Lipinski definition) is 5. The Bertz CT molecular complexity index is 809. The number of benzene rings is 2. The van der Waals surface area contributed by atoms with E-state index in [2.05, 4.69) is 42.3 Å². The van der Waals surface area contributed by atoms with E-state index in [1.807, 2.05) is 0 Å². The van der Waals surface area contributed by atoms with Crippen LogP contribution in [0.25, 0.3) is 0 Å². The molecule has 2 aromatic rings. The van der Waals surface area contributed by atoms with Gasteiger partial charge in [0.2, 0.25) is 0 Å². The number of phenolic OH excluding ortho intramolecular Hbond substituents is 2. The Labute approximate surface area is 161 Å². The molecule has 2 aromatic carbocycles. The first-order valence-electron chi connectivity index (χ1n) is 7.34. The molecule has 0 bridgehead atoms. The van der Waals surface area contributed by atoms with E-state index in [4.69, 9.17) is 5.21 Å². The molecule has 4 N–H and O–H groups in total. The fourth-order valence-corrected chi connectivity index (χ4v) is 3.00. The first kappa shape index (κ1) is 19.3. The Kier molecular flexibility index (Phi) is 6.83. The number of carbonyl (C=O) groups excluding carboxylic acids is 1. The summed E-state index contributed by atoms with van der Waals surface area (Å²) in [6.45, 7) is 0.355. The molecular formula is C17H16Br2N2O4. The van der Waals surface area contributed by atoms with Crippen LogP contribution in [0.15, 0.2) is 50.5 Å². The van der Waals surface area contributed by atoms with E-state index in [0.29, 0.717) is 21.9 Å². The number of aromatic hydroxyl groups is 2. The maximum atomic E-state index is 12.1. The lowest BCUT2D eigenvalue weighted by Gasteiger charge is -2.08. The van der Waals surface area contributed by atoms with E-state index in [-0.39, 0.29) is 23.6 Å². The highest BCUT2D eigenvalue weighted by Gasteiger charge is 2.13. The van der Waals surface area contributed by atoms with Crippen molar-refractivity contribution in [3.05, 3.63) is 56.5 Å². The molecule has 0 radical (unpaired) electrons. The summed E-state index contributed by atoms with van der Waals surface area (Å²) >= 11 is 6.44. The third-order valence-electron chi connectivity index (χ3n) is 3.48. The number of rotatable bonds is 6. The highest BCUT2D eigenvalue weighted by molar-refractivity contribution is 9.10. The number of amides is 1. The number of nitrogens with zero attached hydrogens (tertiary/aromatic N) is 1. The van der Waals surface area contributed by atoms with Gasteiger partial charge in [-0.3, -0.25) is 4.79 Å². The molecule has 0 aliphatic heterocycles. The van der Waals surface area contributed by atoms with Crippen molar-refractivity contribution in [2.24, 2.45) is 5.16 Å². The Balaban J connectivity index is 1.91. The van der Waals surface area contributed by atoms with Crippen molar-refractivity contribution in [2.75, 3.05) is 6.54 Å². The van der Waals surface area contributed by atoms with E-state index in [1.54, 1.807) is 30.3 Å². The van der Waals surface area contributed by atoms with Crippen LogP contribution < -0.4 is 5.32 Å². The summed E-state index contributed by atoms with van der Waals surface area (Å²) in [7, 11) is 0. The maximum absolute atomic E-state index is 12.1. The van der Waals surface area contributed by atoms with Gasteiger partial charge in [0.25, 0.3) is 5.91 Å². The van der Waals surface area contributed by atoms with E-state index in [0.717, 1.165) is 11.1 Å². The van der Waals surface area contributed by atoms with Crippen molar-refractivity contribution in [3.63, 3.8) is 0 Å². The van der Waals surface area contributed by atoms with Crippen LogP contribution in [0.2, 0.25) is 0 Å². The summed E-state index contributed by atoms with van der Waals surface area (Å²) in [4.78, 5) is 12.1. The minimum absolute atomic E-state index is 0.0236. The van der Waals surface area contributed by atoms with Gasteiger partial charge in [-0.2, -0.15) is 0 Å². The lowest BCUT2D eigenvalue weighted by molar-refractivity contribution is -0.115.